The lowest BCUT2D eigenvalue weighted by atomic mass is 10.5. The number of urea groups is 1. The van der Waals surface area contributed by atoms with Crippen molar-refractivity contribution >= 4 is 18.0 Å². The van der Waals surface area contributed by atoms with E-state index in [0.717, 1.165) is 13.0 Å². The van der Waals surface area contributed by atoms with E-state index >= 15 is 0 Å². The molecule has 0 aromatic rings. The van der Waals surface area contributed by atoms with E-state index in [4.69, 9.17) is 0 Å². The van der Waals surface area contributed by atoms with Gasteiger partial charge in [-0.05, 0) is 6.42 Å². The zero-order chi connectivity index (χ0) is 8.10. The van der Waals surface area contributed by atoms with Crippen LogP contribution in [0.1, 0.15) is 13.3 Å². The van der Waals surface area contributed by atoms with E-state index in [0.29, 0.717) is 0 Å². The Balaban J connectivity index is 2.19. The molecule has 0 aromatic carbocycles. The van der Waals surface area contributed by atoms with Crippen molar-refractivity contribution in [2.45, 2.75) is 13.3 Å². The van der Waals surface area contributed by atoms with Crippen LogP contribution < -0.4 is 10.7 Å². The topological polar surface area (TPSA) is 44.4 Å². The number of nitrogens with one attached hydrogen (secondary N) is 2. The Morgan fingerprint density at radius 2 is 2.64 bits per heavy atom. The smallest absolute Gasteiger partial charge is 0.336 e. The Labute approximate surface area is 70.1 Å². The fourth-order valence-corrected chi connectivity index (χ4v) is 1.16. The van der Waals surface area contributed by atoms with Gasteiger partial charge in [0.25, 0.3) is 0 Å². The predicted molar refractivity (Wildman–Crippen MR) is 45.4 cm³/mol. The Hall–Kier alpha value is -0.840. The molecule has 11 heavy (non-hydrogen) atoms. The second-order valence-corrected chi connectivity index (χ2v) is 2.91. The van der Waals surface area contributed by atoms with Crippen molar-refractivity contribution in [3.05, 3.63) is 11.6 Å². The van der Waals surface area contributed by atoms with Gasteiger partial charge in [-0.15, -0.1) is 0 Å². The standard InChI is InChI=1S/C6H11N3OS/c1-2-3-7-6(10)9-8-4-5-11-9/h4-5,8H,2-3H2,1H3,(H,7,10). The van der Waals surface area contributed by atoms with Crippen molar-refractivity contribution < 1.29 is 4.79 Å². The Morgan fingerprint density at radius 3 is 3.18 bits per heavy atom. The molecule has 0 saturated carbocycles. The summed E-state index contributed by atoms with van der Waals surface area (Å²) in [5, 5.41) is 4.55. The van der Waals surface area contributed by atoms with Gasteiger partial charge in [0, 0.05) is 30.1 Å². The maximum absolute atomic E-state index is 11.1. The Bertz CT molecular complexity index is 163. The molecule has 0 radical (unpaired) electrons. The summed E-state index contributed by atoms with van der Waals surface area (Å²) < 4.78 is 1.44. The number of amides is 2. The fourth-order valence-electron chi connectivity index (χ4n) is 0.630. The molecule has 0 unspecified atom stereocenters. The summed E-state index contributed by atoms with van der Waals surface area (Å²) in [5.74, 6) is 0. The van der Waals surface area contributed by atoms with Crippen molar-refractivity contribution in [1.29, 1.82) is 0 Å². The molecule has 62 valence electrons. The molecule has 1 heterocycles. The van der Waals surface area contributed by atoms with Crippen molar-refractivity contribution in [3.63, 3.8) is 0 Å². The van der Waals surface area contributed by atoms with E-state index in [2.05, 4.69) is 10.7 Å². The van der Waals surface area contributed by atoms with Crippen molar-refractivity contribution in [3.8, 4) is 0 Å². The summed E-state index contributed by atoms with van der Waals surface area (Å²) in [4.78, 5) is 11.1. The number of hydrogen-bond acceptors (Lipinski definition) is 3. The third-order valence-electron chi connectivity index (χ3n) is 1.14. The molecule has 0 bridgehead atoms. The quantitative estimate of drug-likeness (QED) is 0.613. The Morgan fingerprint density at radius 1 is 1.82 bits per heavy atom. The van der Waals surface area contributed by atoms with Crippen LogP contribution in [0.5, 0.6) is 0 Å². The molecule has 0 saturated heterocycles. The highest BCUT2D eigenvalue weighted by atomic mass is 32.2. The molecule has 1 rings (SSSR count). The van der Waals surface area contributed by atoms with Crippen molar-refractivity contribution in [2.24, 2.45) is 0 Å². The lowest BCUT2D eigenvalue weighted by Crippen LogP contribution is -2.39. The van der Waals surface area contributed by atoms with Gasteiger partial charge < -0.3 is 5.32 Å². The van der Waals surface area contributed by atoms with E-state index in [1.165, 1.54) is 16.4 Å². The fraction of sp³-hybridized carbons (Fsp3) is 0.500. The highest BCUT2D eigenvalue weighted by Gasteiger charge is 2.13. The largest absolute Gasteiger partial charge is 0.346 e. The molecule has 2 amide bonds. The summed E-state index contributed by atoms with van der Waals surface area (Å²) in [6, 6.07) is -0.0955. The number of carbonyl (C=O) groups is 1. The van der Waals surface area contributed by atoms with Gasteiger partial charge in [0.15, 0.2) is 0 Å². The third kappa shape index (κ3) is 2.34. The molecule has 0 spiro atoms. The lowest BCUT2D eigenvalue weighted by Gasteiger charge is -2.14. The van der Waals surface area contributed by atoms with Gasteiger partial charge in [-0.1, -0.05) is 6.92 Å². The monoisotopic (exact) mass is 173 g/mol. The van der Waals surface area contributed by atoms with Crippen molar-refractivity contribution in [1.82, 2.24) is 15.2 Å². The maximum Gasteiger partial charge on any atom is 0.346 e. The number of hydrazine groups is 1. The first-order valence-corrected chi connectivity index (χ1v) is 4.34. The summed E-state index contributed by atoms with van der Waals surface area (Å²) in [7, 11) is 0. The molecule has 0 aromatic heterocycles. The number of hydrogen-bond donors (Lipinski definition) is 2. The third-order valence-corrected chi connectivity index (χ3v) is 1.88. The minimum absolute atomic E-state index is 0.0955. The molecule has 5 heteroatoms. The van der Waals surface area contributed by atoms with Gasteiger partial charge in [-0.2, -0.15) is 4.41 Å². The van der Waals surface area contributed by atoms with Gasteiger partial charge in [-0.25, -0.2) is 4.79 Å². The average molecular weight is 173 g/mol. The van der Waals surface area contributed by atoms with E-state index in [-0.39, 0.29) is 6.03 Å². The number of nitrogens with zero attached hydrogens (tertiary/aromatic N) is 1. The van der Waals surface area contributed by atoms with Gasteiger partial charge in [0.1, 0.15) is 0 Å². The molecular formula is C6H11N3OS. The molecule has 2 N–H and O–H groups in total. The highest BCUT2D eigenvalue weighted by Crippen LogP contribution is 2.12. The van der Waals surface area contributed by atoms with E-state index in [1.807, 2.05) is 12.3 Å². The summed E-state index contributed by atoms with van der Waals surface area (Å²) in [6.07, 6.45) is 2.67. The van der Waals surface area contributed by atoms with Crippen LogP contribution in [-0.2, 0) is 0 Å². The van der Waals surface area contributed by atoms with Crippen LogP contribution in [0.25, 0.3) is 0 Å². The van der Waals surface area contributed by atoms with Gasteiger partial charge in [-0.3, -0.25) is 5.43 Å². The number of rotatable bonds is 2. The first-order chi connectivity index (χ1) is 5.34. The van der Waals surface area contributed by atoms with Gasteiger partial charge >= 0.3 is 6.03 Å². The SMILES string of the molecule is CCCNC(=O)N1NC=CS1. The number of carbonyl (C=O) groups excluding carboxylic acids is 1. The molecule has 0 aliphatic carbocycles. The van der Waals surface area contributed by atoms with Gasteiger partial charge in [0.05, 0.1) is 0 Å². The van der Waals surface area contributed by atoms with Crippen LogP contribution in [0.2, 0.25) is 0 Å². The van der Waals surface area contributed by atoms with Gasteiger partial charge in [0.2, 0.25) is 0 Å². The lowest BCUT2D eigenvalue weighted by molar-refractivity contribution is 0.220. The normalized spacial score (nSPS) is 14.8. The van der Waals surface area contributed by atoms with Crippen LogP contribution in [0, 0.1) is 0 Å². The van der Waals surface area contributed by atoms with Crippen LogP contribution in [-0.4, -0.2) is 17.0 Å². The first kappa shape index (κ1) is 8.26. The maximum atomic E-state index is 11.1. The minimum Gasteiger partial charge on any atom is -0.336 e. The van der Waals surface area contributed by atoms with Crippen LogP contribution in [0.3, 0.4) is 0 Å². The molecular weight excluding hydrogens is 162 g/mol. The average Bonchev–Trinajstić information content (AvgIpc) is 2.52. The summed E-state index contributed by atoms with van der Waals surface area (Å²) in [5.41, 5.74) is 2.77. The molecule has 1 aliphatic heterocycles. The zero-order valence-corrected chi connectivity index (χ0v) is 7.15. The van der Waals surface area contributed by atoms with E-state index in [9.17, 15) is 4.79 Å². The summed E-state index contributed by atoms with van der Waals surface area (Å²) >= 11 is 1.33. The van der Waals surface area contributed by atoms with Crippen LogP contribution in [0.15, 0.2) is 11.6 Å². The second kappa shape index (κ2) is 4.12. The molecule has 0 fully saturated rings. The highest BCUT2D eigenvalue weighted by molar-refractivity contribution is 8.00. The zero-order valence-electron chi connectivity index (χ0n) is 6.33. The van der Waals surface area contributed by atoms with E-state index < -0.39 is 0 Å². The van der Waals surface area contributed by atoms with Crippen LogP contribution >= 0.6 is 11.9 Å². The molecule has 0 atom stereocenters. The van der Waals surface area contributed by atoms with Crippen molar-refractivity contribution in [2.75, 3.05) is 6.54 Å². The molecule has 1 aliphatic rings. The Kier molecular flexibility index (Phi) is 3.10. The minimum atomic E-state index is -0.0955. The molecule has 4 nitrogen and oxygen atoms in total. The summed E-state index contributed by atoms with van der Waals surface area (Å²) in [6.45, 7) is 2.74. The van der Waals surface area contributed by atoms with E-state index in [1.54, 1.807) is 6.20 Å². The predicted octanol–water partition coefficient (Wildman–Crippen LogP) is 1.05. The van der Waals surface area contributed by atoms with Crippen LogP contribution in [0.4, 0.5) is 4.79 Å². The first-order valence-electron chi connectivity index (χ1n) is 3.50. The second-order valence-electron chi connectivity index (χ2n) is 2.06.